The van der Waals surface area contributed by atoms with Gasteiger partial charge < -0.3 is 9.47 Å². The molecule has 1 aromatic rings. The second-order valence-corrected chi connectivity index (χ2v) is 5.07. The van der Waals surface area contributed by atoms with Crippen molar-refractivity contribution in [3.8, 4) is 11.5 Å². The van der Waals surface area contributed by atoms with E-state index in [2.05, 4.69) is 5.32 Å². The number of hydrogen-bond acceptors (Lipinski definition) is 5. The van der Waals surface area contributed by atoms with E-state index in [1.54, 1.807) is 18.2 Å². The number of amides is 4. The molecule has 0 saturated carbocycles. The predicted molar refractivity (Wildman–Crippen MR) is 82.1 cm³/mol. The van der Waals surface area contributed by atoms with E-state index in [0.29, 0.717) is 24.7 Å². The van der Waals surface area contributed by atoms with Crippen molar-refractivity contribution in [2.24, 2.45) is 0 Å². The summed E-state index contributed by atoms with van der Waals surface area (Å²) in [5.74, 6) is 0.110. The molecule has 1 aromatic carbocycles. The number of rotatable bonds is 7. The summed E-state index contributed by atoms with van der Waals surface area (Å²) in [7, 11) is 0. The minimum atomic E-state index is -0.699. The lowest BCUT2D eigenvalue weighted by atomic mass is 10.1. The molecule has 7 nitrogen and oxygen atoms in total. The van der Waals surface area contributed by atoms with Crippen molar-refractivity contribution in [2.75, 3.05) is 13.2 Å². The second kappa shape index (κ2) is 7.62. The first-order valence-electron chi connectivity index (χ1n) is 7.57. The van der Waals surface area contributed by atoms with E-state index < -0.39 is 17.8 Å². The van der Waals surface area contributed by atoms with E-state index in [1.807, 2.05) is 13.8 Å². The van der Waals surface area contributed by atoms with Crippen molar-refractivity contribution in [2.45, 2.75) is 33.2 Å². The van der Waals surface area contributed by atoms with Gasteiger partial charge in [-0.2, -0.15) is 0 Å². The first-order valence-corrected chi connectivity index (χ1v) is 7.57. The zero-order valence-corrected chi connectivity index (χ0v) is 13.3. The highest BCUT2D eigenvalue weighted by Crippen LogP contribution is 2.29. The standard InChI is InChI=1S/C16H20N2O5/c1-3-7-23-12-6-5-11(8-13(12)22-4-2)10-18-15(20)9-14(19)17-16(18)21/h5-6,8H,3-4,7,9-10H2,1-2H3,(H,17,19,21). The van der Waals surface area contributed by atoms with Gasteiger partial charge in [-0.25, -0.2) is 4.79 Å². The first kappa shape index (κ1) is 16.8. The number of nitrogens with one attached hydrogen (secondary N) is 1. The van der Waals surface area contributed by atoms with Crippen molar-refractivity contribution in [3.05, 3.63) is 23.8 Å². The van der Waals surface area contributed by atoms with Gasteiger partial charge in [-0.1, -0.05) is 13.0 Å². The minimum absolute atomic E-state index is 0.0755. The fourth-order valence-electron chi connectivity index (χ4n) is 2.17. The zero-order valence-electron chi connectivity index (χ0n) is 13.3. The molecule has 0 unspecified atom stereocenters. The van der Waals surface area contributed by atoms with Gasteiger partial charge in [-0.15, -0.1) is 0 Å². The van der Waals surface area contributed by atoms with Gasteiger partial charge in [-0.05, 0) is 31.0 Å². The molecule has 1 heterocycles. The van der Waals surface area contributed by atoms with Crippen LogP contribution in [0.3, 0.4) is 0 Å². The largest absolute Gasteiger partial charge is 0.490 e. The van der Waals surface area contributed by atoms with Crippen LogP contribution < -0.4 is 14.8 Å². The maximum Gasteiger partial charge on any atom is 0.331 e. The lowest BCUT2D eigenvalue weighted by Gasteiger charge is -2.25. The Labute approximate surface area is 134 Å². The highest BCUT2D eigenvalue weighted by molar-refractivity contribution is 6.14. The maximum absolute atomic E-state index is 11.8. The molecule has 0 spiro atoms. The SMILES string of the molecule is CCCOc1ccc(CN2C(=O)CC(=O)NC2=O)cc1OCC. The highest BCUT2D eigenvalue weighted by Gasteiger charge is 2.30. The van der Waals surface area contributed by atoms with Crippen LogP contribution in [0.4, 0.5) is 4.79 Å². The molecule has 1 fully saturated rings. The molecule has 124 valence electrons. The van der Waals surface area contributed by atoms with Gasteiger partial charge in [0.2, 0.25) is 11.8 Å². The third kappa shape index (κ3) is 4.21. The Kier molecular flexibility index (Phi) is 5.56. The summed E-state index contributed by atoms with van der Waals surface area (Å²) in [4.78, 5) is 35.7. The number of ether oxygens (including phenoxy) is 2. The average Bonchev–Trinajstić information content (AvgIpc) is 2.50. The number of hydrogen-bond donors (Lipinski definition) is 1. The minimum Gasteiger partial charge on any atom is -0.490 e. The van der Waals surface area contributed by atoms with Crippen LogP contribution in [0.15, 0.2) is 18.2 Å². The lowest BCUT2D eigenvalue weighted by Crippen LogP contribution is -2.52. The average molecular weight is 320 g/mol. The number of carbonyl (C=O) groups is 3. The maximum atomic E-state index is 11.8. The number of urea groups is 1. The molecular weight excluding hydrogens is 300 g/mol. The Balaban J connectivity index is 2.16. The van der Waals surface area contributed by atoms with Crippen LogP contribution in [0.25, 0.3) is 0 Å². The van der Waals surface area contributed by atoms with Crippen molar-refractivity contribution < 1.29 is 23.9 Å². The Morgan fingerprint density at radius 1 is 1.13 bits per heavy atom. The number of barbiturate groups is 1. The quantitative estimate of drug-likeness (QED) is 0.775. The molecule has 23 heavy (non-hydrogen) atoms. The van der Waals surface area contributed by atoms with Gasteiger partial charge in [0.1, 0.15) is 6.42 Å². The Bertz CT molecular complexity index is 594. The summed E-state index contributed by atoms with van der Waals surface area (Å²) in [6, 6.07) is 4.57. The lowest BCUT2D eigenvalue weighted by molar-refractivity contribution is -0.136. The van der Waals surface area contributed by atoms with Crippen molar-refractivity contribution in [1.82, 2.24) is 10.2 Å². The zero-order chi connectivity index (χ0) is 16.8. The van der Waals surface area contributed by atoms with Gasteiger partial charge in [0.05, 0.1) is 19.8 Å². The Hall–Kier alpha value is -2.57. The Morgan fingerprint density at radius 2 is 1.91 bits per heavy atom. The normalized spacial score (nSPS) is 14.7. The van der Waals surface area contributed by atoms with E-state index in [-0.39, 0.29) is 13.0 Å². The van der Waals surface area contributed by atoms with Crippen LogP contribution >= 0.6 is 0 Å². The van der Waals surface area contributed by atoms with E-state index in [4.69, 9.17) is 9.47 Å². The molecular formula is C16H20N2O5. The van der Waals surface area contributed by atoms with Crippen LogP contribution in [-0.2, 0) is 16.1 Å². The summed E-state index contributed by atoms with van der Waals surface area (Å²) >= 11 is 0. The number of benzene rings is 1. The van der Waals surface area contributed by atoms with Crippen molar-refractivity contribution >= 4 is 17.8 Å². The molecule has 1 N–H and O–H groups in total. The third-order valence-electron chi connectivity index (χ3n) is 3.21. The van der Waals surface area contributed by atoms with Crippen LogP contribution in [0, 0.1) is 0 Å². The van der Waals surface area contributed by atoms with E-state index in [0.717, 1.165) is 16.9 Å². The summed E-state index contributed by atoms with van der Waals surface area (Å²) in [6.07, 6.45) is 0.561. The second-order valence-electron chi connectivity index (χ2n) is 5.07. The first-order chi connectivity index (χ1) is 11.0. The van der Waals surface area contributed by atoms with E-state index in [9.17, 15) is 14.4 Å². The number of imide groups is 2. The van der Waals surface area contributed by atoms with Crippen LogP contribution in [0.1, 0.15) is 32.3 Å². The van der Waals surface area contributed by atoms with Gasteiger partial charge in [0, 0.05) is 0 Å². The van der Waals surface area contributed by atoms with Crippen molar-refractivity contribution in [1.29, 1.82) is 0 Å². The molecule has 0 bridgehead atoms. The van der Waals surface area contributed by atoms with E-state index in [1.165, 1.54) is 0 Å². The smallest absolute Gasteiger partial charge is 0.331 e. The third-order valence-corrected chi connectivity index (χ3v) is 3.21. The highest BCUT2D eigenvalue weighted by atomic mass is 16.5. The molecule has 1 saturated heterocycles. The molecule has 0 radical (unpaired) electrons. The number of carbonyl (C=O) groups excluding carboxylic acids is 3. The molecule has 0 atom stereocenters. The summed E-state index contributed by atoms with van der Waals surface area (Å²) in [6.45, 7) is 5.00. The van der Waals surface area contributed by atoms with Gasteiger partial charge in [-0.3, -0.25) is 19.8 Å². The molecule has 1 aliphatic rings. The van der Waals surface area contributed by atoms with Crippen LogP contribution in [0.2, 0.25) is 0 Å². The molecule has 0 aromatic heterocycles. The summed E-state index contributed by atoms with van der Waals surface area (Å²) in [5.41, 5.74) is 0.718. The molecule has 4 amide bonds. The van der Waals surface area contributed by atoms with Crippen molar-refractivity contribution in [3.63, 3.8) is 0 Å². The predicted octanol–water partition coefficient (Wildman–Crippen LogP) is 1.84. The van der Waals surface area contributed by atoms with Gasteiger partial charge in [0.15, 0.2) is 11.5 Å². The Morgan fingerprint density at radius 3 is 2.57 bits per heavy atom. The van der Waals surface area contributed by atoms with E-state index >= 15 is 0 Å². The van der Waals surface area contributed by atoms with Gasteiger partial charge >= 0.3 is 6.03 Å². The molecule has 2 rings (SSSR count). The van der Waals surface area contributed by atoms with Crippen LogP contribution in [-0.4, -0.2) is 36.0 Å². The summed E-state index contributed by atoms with van der Waals surface area (Å²) < 4.78 is 11.2. The topological polar surface area (TPSA) is 84.9 Å². The molecule has 7 heteroatoms. The van der Waals surface area contributed by atoms with Gasteiger partial charge in [0.25, 0.3) is 0 Å². The van der Waals surface area contributed by atoms with Crippen LogP contribution in [0.5, 0.6) is 11.5 Å². The fraction of sp³-hybridized carbons (Fsp3) is 0.438. The summed E-state index contributed by atoms with van der Waals surface area (Å²) in [5, 5.41) is 2.13. The molecule has 0 aliphatic carbocycles. The monoisotopic (exact) mass is 320 g/mol. The number of nitrogens with zero attached hydrogens (tertiary/aromatic N) is 1. The molecule has 1 aliphatic heterocycles. The fourth-order valence-corrected chi connectivity index (χ4v) is 2.17.